The molecule has 9 heteroatoms. The third-order valence-electron chi connectivity index (χ3n) is 3.82. The van der Waals surface area contributed by atoms with Gasteiger partial charge in [0.2, 0.25) is 0 Å². The van der Waals surface area contributed by atoms with Crippen LogP contribution in [0.15, 0.2) is 36.5 Å². The minimum absolute atomic E-state index is 0.168. The molecule has 9 nitrogen and oxygen atoms in total. The average Bonchev–Trinajstić information content (AvgIpc) is 3.08. The van der Waals surface area contributed by atoms with Gasteiger partial charge in [0.1, 0.15) is 42.5 Å². The van der Waals surface area contributed by atoms with Crippen LogP contribution in [0.1, 0.15) is 11.9 Å². The van der Waals surface area contributed by atoms with Gasteiger partial charge in [-0.1, -0.05) is 23.4 Å². The normalized spacial score (nSPS) is 30.2. The molecular weight excluding hydrogens is 318 g/mol. The second kappa shape index (κ2) is 7.24. The topological polar surface area (TPSA) is 130 Å². The molecule has 0 bridgehead atoms. The van der Waals surface area contributed by atoms with E-state index in [4.69, 9.17) is 9.47 Å². The summed E-state index contributed by atoms with van der Waals surface area (Å²) in [6, 6.07) is 9.19. The van der Waals surface area contributed by atoms with Crippen molar-refractivity contribution in [3.8, 4) is 5.75 Å². The van der Waals surface area contributed by atoms with Crippen molar-refractivity contribution in [2.24, 2.45) is 0 Å². The van der Waals surface area contributed by atoms with E-state index in [1.807, 2.05) is 30.3 Å². The van der Waals surface area contributed by atoms with Crippen LogP contribution in [0.4, 0.5) is 0 Å². The van der Waals surface area contributed by atoms with Crippen LogP contribution in [-0.4, -0.2) is 66.4 Å². The Balaban J connectivity index is 1.68. The van der Waals surface area contributed by atoms with Gasteiger partial charge in [0.05, 0.1) is 12.8 Å². The molecule has 1 aromatic carbocycles. The maximum atomic E-state index is 10.1. The van der Waals surface area contributed by atoms with Gasteiger partial charge in [-0.05, 0) is 12.1 Å². The van der Waals surface area contributed by atoms with Crippen molar-refractivity contribution in [2.45, 2.75) is 37.3 Å². The van der Waals surface area contributed by atoms with Crippen LogP contribution >= 0.6 is 0 Å². The summed E-state index contributed by atoms with van der Waals surface area (Å²) in [6.07, 6.45) is -4.84. The minimum atomic E-state index is -1.46. The van der Waals surface area contributed by atoms with Crippen LogP contribution in [0.2, 0.25) is 0 Å². The number of aliphatic hydroxyl groups excluding tert-OH is 4. The van der Waals surface area contributed by atoms with Gasteiger partial charge in [-0.25, -0.2) is 4.68 Å². The highest BCUT2D eigenvalue weighted by molar-refractivity contribution is 5.21. The zero-order valence-corrected chi connectivity index (χ0v) is 12.7. The lowest BCUT2D eigenvalue weighted by Gasteiger charge is -2.39. The smallest absolute Gasteiger partial charge is 0.180 e. The maximum Gasteiger partial charge on any atom is 0.180 e. The number of aromatic nitrogens is 3. The van der Waals surface area contributed by atoms with E-state index in [0.29, 0.717) is 11.4 Å². The molecule has 5 atom stereocenters. The summed E-state index contributed by atoms with van der Waals surface area (Å²) in [4.78, 5) is 0. The van der Waals surface area contributed by atoms with E-state index in [2.05, 4.69) is 10.3 Å². The van der Waals surface area contributed by atoms with Gasteiger partial charge in [0.15, 0.2) is 6.23 Å². The molecule has 24 heavy (non-hydrogen) atoms. The fourth-order valence-electron chi connectivity index (χ4n) is 2.48. The van der Waals surface area contributed by atoms with Crippen molar-refractivity contribution < 1.29 is 29.9 Å². The van der Waals surface area contributed by atoms with Crippen molar-refractivity contribution in [3.63, 3.8) is 0 Å². The Morgan fingerprint density at radius 1 is 1.08 bits per heavy atom. The lowest BCUT2D eigenvalue weighted by atomic mass is 9.98. The number of para-hydroxylation sites is 1. The van der Waals surface area contributed by atoms with Crippen LogP contribution in [0.5, 0.6) is 5.75 Å². The number of hydrogen-bond donors (Lipinski definition) is 4. The summed E-state index contributed by atoms with van der Waals surface area (Å²) in [6.45, 7) is -0.332. The Morgan fingerprint density at radius 2 is 1.83 bits per heavy atom. The summed E-state index contributed by atoms with van der Waals surface area (Å²) in [5.74, 6) is 0.680. The van der Waals surface area contributed by atoms with E-state index in [1.54, 1.807) is 0 Å². The SMILES string of the molecule is OC[C@H]1O[C@H](n2cc(COc3ccccc3)nn2)[C@@H](O)[C@@H](O)[C@@H]1O. The quantitative estimate of drug-likeness (QED) is 0.537. The summed E-state index contributed by atoms with van der Waals surface area (Å²) >= 11 is 0. The highest BCUT2D eigenvalue weighted by Gasteiger charge is 2.44. The Bertz CT molecular complexity index is 650. The van der Waals surface area contributed by atoms with Crippen molar-refractivity contribution in [1.29, 1.82) is 0 Å². The molecule has 1 aromatic heterocycles. The highest BCUT2D eigenvalue weighted by Crippen LogP contribution is 2.27. The molecule has 3 rings (SSSR count). The molecule has 1 aliphatic heterocycles. The van der Waals surface area contributed by atoms with E-state index in [1.165, 1.54) is 10.9 Å². The lowest BCUT2D eigenvalue weighted by Crippen LogP contribution is -2.56. The second-order valence-electron chi connectivity index (χ2n) is 5.51. The Labute approximate surface area is 137 Å². The van der Waals surface area contributed by atoms with Crippen molar-refractivity contribution in [3.05, 3.63) is 42.2 Å². The summed E-state index contributed by atoms with van der Waals surface area (Å²) in [5, 5.41) is 46.6. The van der Waals surface area contributed by atoms with Crippen LogP contribution < -0.4 is 4.74 Å². The molecule has 130 valence electrons. The predicted octanol–water partition coefficient (Wildman–Crippen LogP) is -1.17. The first-order valence-electron chi connectivity index (χ1n) is 7.49. The zero-order valence-electron chi connectivity index (χ0n) is 12.7. The number of benzene rings is 1. The van der Waals surface area contributed by atoms with Gasteiger partial charge in [-0.2, -0.15) is 0 Å². The minimum Gasteiger partial charge on any atom is -0.487 e. The molecule has 0 amide bonds. The first-order chi connectivity index (χ1) is 11.6. The maximum absolute atomic E-state index is 10.1. The first kappa shape index (κ1) is 16.8. The zero-order chi connectivity index (χ0) is 17.1. The fraction of sp³-hybridized carbons (Fsp3) is 0.467. The van der Waals surface area contributed by atoms with E-state index in [-0.39, 0.29) is 6.61 Å². The van der Waals surface area contributed by atoms with E-state index >= 15 is 0 Å². The van der Waals surface area contributed by atoms with Crippen LogP contribution in [0.25, 0.3) is 0 Å². The monoisotopic (exact) mass is 337 g/mol. The molecule has 1 saturated heterocycles. The molecule has 1 aliphatic rings. The van der Waals surface area contributed by atoms with Gasteiger partial charge < -0.3 is 29.9 Å². The van der Waals surface area contributed by atoms with Gasteiger partial charge in [-0.3, -0.25) is 0 Å². The molecule has 0 aliphatic carbocycles. The second-order valence-corrected chi connectivity index (χ2v) is 5.51. The predicted molar refractivity (Wildman–Crippen MR) is 79.8 cm³/mol. The van der Waals surface area contributed by atoms with Crippen molar-refractivity contribution in [1.82, 2.24) is 15.0 Å². The van der Waals surface area contributed by atoms with Crippen LogP contribution in [-0.2, 0) is 11.3 Å². The molecule has 1 fully saturated rings. The first-order valence-corrected chi connectivity index (χ1v) is 7.49. The third kappa shape index (κ3) is 3.40. The van der Waals surface area contributed by atoms with Gasteiger partial charge in [0, 0.05) is 0 Å². The molecule has 2 aromatic rings. The van der Waals surface area contributed by atoms with Crippen molar-refractivity contribution in [2.75, 3.05) is 6.61 Å². The molecular formula is C15H19N3O6. The van der Waals surface area contributed by atoms with Gasteiger partial charge >= 0.3 is 0 Å². The molecule has 0 unspecified atom stereocenters. The van der Waals surface area contributed by atoms with E-state index in [0.717, 1.165) is 0 Å². The largest absolute Gasteiger partial charge is 0.487 e. The average molecular weight is 337 g/mol. The summed E-state index contributed by atoms with van der Waals surface area (Å²) < 4.78 is 12.2. The number of rotatable bonds is 5. The molecule has 0 spiro atoms. The molecule has 4 N–H and O–H groups in total. The van der Waals surface area contributed by atoms with Gasteiger partial charge in [0.25, 0.3) is 0 Å². The van der Waals surface area contributed by atoms with E-state index < -0.39 is 37.3 Å². The number of nitrogens with zero attached hydrogens (tertiary/aromatic N) is 3. The third-order valence-corrected chi connectivity index (χ3v) is 3.82. The standard InChI is InChI=1S/C15H19N3O6/c19-7-11-12(20)13(21)14(22)15(24-11)18-6-9(16-17-18)8-23-10-4-2-1-3-5-10/h1-6,11-15,19-22H,7-8H2/t11-,12-,13+,14+,15+/m1/s1. The van der Waals surface area contributed by atoms with Crippen LogP contribution in [0, 0.1) is 0 Å². The fourth-order valence-corrected chi connectivity index (χ4v) is 2.48. The molecule has 0 saturated carbocycles. The number of aliphatic hydroxyl groups is 4. The Kier molecular flexibility index (Phi) is 5.07. The van der Waals surface area contributed by atoms with E-state index in [9.17, 15) is 20.4 Å². The lowest BCUT2D eigenvalue weighted by molar-refractivity contribution is -0.254. The Hall–Kier alpha value is -2.04. The number of ether oxygens (including phenoxy) is 2. The molecule has 2 heterocycles. The van der Waals surface area contributed by atoms with Gasteiger partial charge in [-0.15, -0.1) is 5.10 Å². The van der Waals surface area contributed by atoms with Crippen LogP contribution in [0.3, 0.4) is 0 Å². The number of hydrogen-bond acceptors (Lipinski definition) is 8. The molecule has 0 radical (unpaired) electrons. The van der Waals surface area contributed by atoms with Crippen molar-refractivity contribution >= 4 is 0 Å². The Morgan fingerprint density at radius 3 is 2.54 bits per heavy atom. The summed E-state index contributed by atoms with van der Waals surface area (Å²) in [7, 11) is 0. The highest BCUT2D eigenvalue weighted by atomic mass is 16.6. The summed E-state index contributed by atoms with van der Waals surface area (Å²) in [5.41, 5.74) is 0.496.